The van der Waals surface area contributed by atoms with Gasteiger partial charge in [0.25, 0.3) is 0 Å². The third-order valence-corrected chi connectivity index (χ3v) is 2.01. The summed E-state index contributed by atoms with van der Waals surface area (Å²) in [6.45, 7) is 9.64. The Kier molecular flexibility index (Phi) is 6.43. The lowest BCUT2D eigenvalue weighted by Gasteiger charge is -2.07. The molecule has 0 aliphatic heterocycles. The molecule has 1 amide bonds. The number of carbonyl (C=O) groups is 1. The van der Waals surface area contributed by atoms with Crippen molar-refractivity contribution in [3.8, 4) is 0 Å². The molecular weight excluding hydrogens is 186 g/mol. The smallest absolute Gasteiger partial charge is 0.221 e. The second kappa shape index (κ2) is 7.04. The first-order chi connectivity index (χ1) is 7.13. The van der Waals surface area contributed by atoms with Crippen LogP contribution in [-0.2, 0) is 11.2 Å². The Morgan fingerprint density at radius 2 is 1.93 bits per heavy atom. The molecule has 0 heterocycles. The van der Waals surface area contributed by atoms with Gasteiger partial charge < -0.3 is 5.32 Å². The number of hydrogen-bond donors (Lipinski definition) is 1. The van der Waals surface area contributed by atoms with Crippen LogP contribution in [0.15, 0.2) is 18.2 Å². The minimum Gasteiger partial charge on any atom is -0.326 e. The fourth-order valence-corrected chi connectivity index (χ4v) is 1.28. The maximum atomic E-state index is 10.8. The van der Waals surface area contributed by atoms with Crippen molar-refractivity contribution in [2.75, 3.05) is 5.32 Å². The van der Waals surface area contributed by atoms with E-state index in [1.807, 2.05) is 32.9 Å². The topological polar surface area (TPSA) is 29.1 Å². The molecule has 84 valence electrons. The molecule has 1 aromatic rings. The highest BCUT2D eigenvalue weighted by Gasteiger charge is 1.99. The number of nitrogens with one attached hydrogen (secondary N) is 1. The lowest BCUT2D eigenvalue weighted by molar-refractivity contribution is -0.114. The highest BCUT2D eigenvalue weighted by molar-refractivity contribution is 5.89. The largest absolute Gasteiger partial charge is 0.326 e. The maximum Gasteiger partial charge on any atom is 0.221 e. The quantitative estimate of drug-likeness (QED) is 0.789. The van der Waals surface area contributed by atoms with Crippen LogP contribution in [0.3, 0.4) is 0 Å². The first-order valence-electron chi connectivity index (χ1n) is 5.50. The second-order valence-corrected chi connectivity index (χ2v) is 3.18. The van der Waals surface area contributed by atoms with Crippen molar-refractivity contribution in [2.24, 2.45) is 0 Å². The molecule has 0 aliphatic rings. The van der Waals surface area contributed by atoms with E-state index in [2.05, 4.69) is 18.3 Å². The summed E-state index contributed by atoms with van der Waals surface area (Å²) in [6, 6.07) is 6.10. The standard InChI is InChI=1S/C11H15NO.C2H6/c1-4-10-5-6-11(8(2)7-10)12-9(3)13;1-2/h5-7H,4H2,1-3H3,(H,12,13);1-2H3. The predicted molar refractivity (Wildman–Crippen MR) is 66.2 cm³/mol. The zero-order valence-electron chi connectivity index (χ0n) is 10.3. The molecule has 1 N–H and O–H groups in total. The molecule has 0 fully saturated rings. The van der Waals surface area contributed by atoms with Crippen LogP contribution < -0.4 is 5.32 Å². The Labute approximate surface area is 92.7 Å². The highest BCUT2D eigenvalue weighted by atomic mass is 16.1. The van der Waals surface area contributed by atoms with Gasteiger partial charge in [-0.15, -0.1) is 0 Å². The summed E-state index contributed by atoms with van der Waals surface area (Å²) in [4.78, 5) is 10.8. The zero-order valence-corrected chi connectivity index (χ0v) is 10.3. The lowest BCUT2D eigenvalue weighted by atomic mass is 10.1. The first kappa shape index (κ1) is 13.7. The average molecular weight is 207 g/mol. The number of carbonyl (C=O) groups excluding carboxylic acids is 1. The van der Waals surface area contributed by atoms with Gasteiger partial charge in [0.15, 0.2) is 0 Å². The number of anilines is 1. The van der Waals surface area contributed by atoms with Crippen molar-refractivity contribution in [1.29, 1.82) is 0 Å². The van der Waals surface area contributed by atoms with Crippen LogP contribution in [0.5, 0.6) is 0 Å². The van der Waals surface area contributed by atoms with Gasteiger partial charge in [-0.25, -0.2) is 0 Å². The van der Waals surface area contributed by atoms with Crippen molar-refractivity contribution < 1.29 is 4.79 Å². The Balaban J connectivity index is 0.000000921. The average Bonchev–Trinajstić information content (AvgIpc) is 2.23. The van der Waals surface area contributed by atoms with Crippen molar-refractivity contribution in [3.05, 3.63) is 29.3 Å². The van der Waals surface area contributed by atoms with Crippen LogP contribution in [0.25, 0.3) is 0 Å². The summed E-state index contributed by atoms with van der Waals surface area (Å²) in [6.07, 6.45) is 1.03. The van der Waals surface area contributed by atoms with Gasteiger partial charge in [0, 0.05) is 12.6 Å². The third-order valence-electron chi connectivity index (χ3n) is 2.01. The molecule has 2 nitrogen and oxygen atoms in total. The zero-order chi connectivity index (χ0) is 11.8. The summed E-state index contributed by atoms with van der Waals surface area (Å²) < 4.78 is 0. The van der Waals surface area contributed by atoms with Gasteiger partial charge in [-0.3, -0.25) is 4.79 Å². The monoisotopic (exact) mass is 207 g/mol. The molecule has 1 aromatic carbocycles. The van der Waals surface area contributed by atoms with E-state index in [1.165, 1.54) is 12.5 Å². The molecule has 1 rings (SSSR count). The molecule has 0 spiro atoms. The molecule has 0 radical (unpaired) electrons. The van der Waals surface area contributed by atoms with Gasteiger partial charge in [0.1, 0.15) is 0 Å². The molecule has 0 bridgehead atoms. The van der Waals surface area contributed by atoms with Gasteiger partial charge >= 0.3 is 0 Å². The molecule has 0 saturated heterocycles. The Morgan fingerprint density at radius 3 is 2.33 bits per heavy atom. The summed E-state index contributed by atoms with van der Waals surface area (Å²) in [5.41, 5.74) is 3.32. The van der Waals surface area contributed by atoms with E-state index in [0.717, 1.165) is 17.7 Å². The van der Waals surface area contributed by atoms with E-state index < -0.39 is 0 Å². The Hall–Kier alpha value is -1.31. The maximum absolute atomic E-state index is 10.8. The minimum absolute atomic E-state index is 0.0210. The molecule has 0 atom stereocenters. The third kappa shape index (κ3) is 4.63. The number of rotatable bonds is 2. The van der Waals surface area contributed by atoms with Crippen LogP contribution in [0.2, 0.25) is 0 Å². The SMILES string of the molecule is CC.CCc1ccc(NC(C)=O)c(C)c1. The normalized spacial score (nSPS) is 8.87. The van der Waals surface area contributed by atoms with Gasteiger partial charge in [0.2, 0.25) is 5.91 Å². The fraction of sp³-hybridized carbons (Fsp3) is 0.462. The van der Waals surface area contributed by atoms with Gasteiger partial charge in [0.05, 0.1) is 0 Å². The fourth-order valence-electron chi connectivity index (χ4n) is 1.28. The summed E-state index contributed by atoms with van der Waals surface area (Å²) in [7, 11) is 0. The van der Waals surface area contributed by atoms with E-state index in [1.54, 1.807) is 0 Å². The van der Waals surface area contributed by atoms with Crippen molar-refractivity contribution in [3.63, 3.8) is 0 Å². The highest BCUT2D eigenvalue weighted by Crippen LogP contribution is 2.16. The van der Waals surface area contributed by atoms with Crippen LogP contribution in [0.1, 0.15) is 38.8 Å². The summed E-state index contributed by atoms with van der Waals surface area (Å²) in [5.74, 6) is -0.0210. The molecule has 15 heavy (non-hydrogen) atoms. The Morgan fingerprint density at radius 1 is 1.33 bits per heavy atom. The Bertz CT molecular complexity index is 318. The molecule has 0 unspecified atom stereocenters. The van der Waals surface area contributed by atoms with Crippen LogP contribution >= 0.6 is 0 Å². The van der Waals surface area contributed by atoms with Crippen LogP contribution in [-0.4, -0.2) is 5.91 Å². The minimum atomic E-state index is -0.0210. The van der Waals surface area contributed by atoms with Crippen LogP contribution in [0.4, 0.5) is 5.69 Å². The molecule has 0 saturated carbocycles. The van der Waals surface area contributed by atoms with E-state index in [4.69, 9.17) is 0 Å². The number of hydrogen-bond acceptors (Lipinski definition) is 1. The van der Waals surface area contributed by atoms with Crippen molar-refractivity contribution >= 4 is 11.6 Å². The van der Waals surface area contributed by atoms with Crippen LogP contribution in [0, 0.1) is 6.92 Å². The van der Waals surface area contributed by atoms with E-state index in [9.17, 15) is 4.79 Å². The van der Waals surface area contributed by atoms with Gasteiger partial charge in [-0.2, -0.15) is 0 Å². The van der Waals surface area contributed by atoms with Crippen molar-refractivity contribution in [1.82, 2.24) is 0 Å². The van der Waals surface area contributed by atoms with Crippen molar-refractivity contribution in [2.45, 2.75) is 41.0 Å². The molecule has 0 aliphatic carbocycles. The predicted octanol–water partition coefficient (Wildman–Crippen LogP) is 3.54. The lowest BCUT2D eigenvalue weighted by Crippen LogP contribution is -2.07. The second-order valence-electron chi connectivity index (χ2n) is 3.18. The van der Waals surface area contributed by atoms with E-state index in [0.29, 0.717) is 0 Å². The number of benzene rings is 1. The molecule has 2 heteroatoms. The first-order valence-corrected chi connectivity index (χ1v) is 5.50. The molecular formula is C13H21NO. The number of aryl methyl sites for hydroxylation is 2. The van der Waals surface area contributed by atoms with E-state index >= 15 is 0 Å². The van der Waals surface area contributed by atoms with E-state index in [-0.39, 0.29) is 5.91 Å². The van der Waals surface area contributed by atoms with Gasteiger partial charge in [-0.05, 0) is 30.5 Å². The van der Waals surface area contributed by atoms with Gasteiger partial charge in [-0.1, -0.05) is 32.9 Å². The summed E-state index contributed by atoms with van der Waals surface area (Å²) in [5, 5.41) is 2.79. The number of amides is 1. The summed E-state index contributed by atoms with van der Waals surface area (Å²) >= 11 is 0. The molecule has 0 aromatic heterocycles.